The topological polar surface area (TPSA) is 52.6 Å². The number of rotatable bonds is 10. The van der Waals surface area contributed by atoms with Gasteiger partial charge in [-0.15, -0.1) is 0 Å². The van der Waals surface area contributed by atoms with E-state index in [0.29, 0.717) is 25.9 Å². The van der Waals surface area contributed by atoms with Crippen LogP contribution in [0, 0.1) is 0 Å². The van der Waals surface area contributed by atoms with Crippen LogP contribution in [-0.4, -0.2) is 24.6 Å². The Kier molecular flexibility index (Phi) is 10.4. The zero-order valence-corrected chi connectivity index (χ0v) is 11.9. The second-order valence-corrected chi connectivity index (χ2v) is 4.38. The molecule has 4 heteroatoms. The highest BCUT2D eigenvalue weighted by Crippen LogP contribution is 2.09. The molecule has 0 spiro atoms. The van der Waals surface area contributed by atoms with Crippen molar-refractivity contribution in [2.45, 2.75) is 71.8 Å². The number of carbonyl (C=O) groups excluding carboxylic acids is 2. The van der Waals surface area contributed by atoms with Crippen LogP contribution in [0.3, 0.4) is 0 Å². The van der Waals surface area contributed by atoms with Crippen molar-refractivity contribution in [3.8, 4) is 0 Å². The van der Waals surface area contributed by atoms with E-state index in [1.807, 2.05) is 13.8 Å². The summed E-state index contributed by atoms with van der Waals surface area (Å²) in [6, 6.07) is 0. The fourth-order valence-electron chi connectivity index (χ4n) is 1.58. The molecule has 0 aliphatic rings. The number of carbonyl (C=O) groups is 2. The number of esters is 2. The van der Waals surface area contributed by atoms with Gasteiger partial charge in [0.1, 0.15) is 6.10 Å². The molecule has 0 saturated heterocycles. The van der Waals surface area contributed by atoms with Crippen LogP contribution in [0.15, 0.2) is 0 Å². The maximum absolute atomic E-state index is 11.5. The first-order valence-electron chi connectivity index (χ1n) is 6.99. The first-order chi connectivity index (χ1) is 8.63. The first-order valence-corrected chi connectivity index (χ1v) is 6.99. The average Bonchev–Trinajstić information content (AvgIpc) is 2.35. The van der Waals surface area contributed by atoms with Crippen LogP contribution in [0.25, 0.3) is 0 Å². The van der Waals surface area contributed by atoms with Gasteiger partial charge in [-0.05, 0) is 25.7 Å². The first kappa shape index (κ1) is 16.9. The van der Waals surface area contributed by atoms with Crippen LogP contribution < -0.4 is 0 Å². The van der Waals surface area contributed by atoms with Crippen LogP contribution in [0.2, 0.25) is 0 Å². The predicted molar refractivity (Wildman–Crippen MR) is 70.2 cm³/mol. The van der Waals surface area contributed by atoms with Gasteiger partial charge in [0, 0.05) is 12.8 Å². The molecule has 0 aromatic carbocycles. The zero-order valence-electron chi connectivity index (χ0n) is 11.9. The minimum absolute atomic E-state index is 0.0227. The molecular weight excluding hydrogens is 232 g/mol. The van der Waals surface area contributed by atoms with Crippen molar-refractivity contribution in [2.24, 2.45) is 0 Å². The third-order valence-electron chi connectivity index (χ3n) is 2.59. The van der Waals surface area contributed by atoms with Crippen LogP contribution in [0.1, 0.15) is 65.7 Å². The van der Waals surface area contributed by atoms with E-state index in [9.17, 15) is 9.59 Å². The van der Waals surface area contributed by atoms with Gasteiger partial charge in [0.05, 0.1) is 6.61 Å². The minimum Gasteiger partial charge on any atom is -0.466 e. The van der Waals surface area contributed by atoms with E-state index in [0.717, 1.165) is 25.7 Å². The Balaban J connectivity index is 3.66. The molecule has 18 heavy (non-hydrogen) atoms. The van der Waals surface area contributed by atoms with E-state index in [4.69, 9.17) is 9.47 Å². The molecule has 0 radical (unpaired) electrons. The fourth-order valence-corrected chi connectivity index (χ4v) is 1.58. The highest BCUT2D eigenvalue weighted by atomic mass is 16.5. The third kappa shape index (κ3) is 9.02. The van der Waals surface area contributed by atoms with Crippen molar-refractivity contribution in [2.75, 3.05) is 6.61 Å². The molecule has 0 saturated carbocycles. The van der Waals surface area contributed by atoms with Gasteiger partial charge in [-0.2, -0.15) is 0 Å². The summed E-state index contributed by atoms with van der Waals surface area (Å²) in [5.41, 5.74) is 0. The number of hydrogen-bond acceptors (Lipinski definition) is 4. The van der Waals surface area contributed by atoms with Crippen LogP contribution in [0.4, 0.5) is 0 Å². The summed E-state index contributed by atoms with van der Waals surface area (Å²) < 4.78 is 10.2. The van der Waals surface area contributed by atoms with E-state index in [1.165, 1.54) is 0 Å². The van der Waals surface area contributed by atoms with Crippen molar-refractivity contribution in [3.05, 3.63) is 0 Å². The molecule has 0 aliphatic heterocycles. The molecule has 1 atom stereocenters. The summed E-state index contributed by atoms with van der Waals surface area (Å²) in [7, 11) is 0. The molecule has 0 aliphatic carbocycles. The SMILES string of the molecule is CCCOC(=O)CCCC(=O)OC(CC)CCC. The van der Waals surface area contributed by atoms with Gasteiger partial charge < -0.3 is 9.47 Å². The highest BCUT2D eigenvalue weighted by Gasteiger charge is 2.12. The third-order valence-corrected chi connectivity index (χ3v) is 2.59. The summed E-state index contributed by atoms with van der Waals surface area (Å²) >= 11 is 0. The Morgan fingerprint density at radius 3 is 2.22 bits per heavy atom. The smallest absolute Gasteiger partial charge is 0.306 e. The van der Waals surface area contributed by atoms with E-state index in [2.05, 4.69) is 6.92 Å². The lowest BCUT2D eigenvalue weighted by molar-refractivity contribution is -0.150. The summed E-state index contributed by atoms with van der Waals surface area (Å²) in [4.78, 5) is 22.7. The quantitative estimate of drug-likeness (QED) is 0.564. The molecule has 0 bridgehead atoms. The normalized spacial score (nSPS) is 11.9. The van der Waals surface area contributed by atoms with Gasteiger partial charge in [-0.3, -0.25) is 9.59 Å². The van der Waals surface area contributed by atoms with E-state index < -0.39 is 0 Å². The maximum Gasteiger partial charge on any atom is 0.306 e. The number of hydrogen-bond donors (Lipinski definition) is 0. The number of ether oxygens (including phenoxy) is 2. The average molecular weight is 258 g/mol. The Hall–Kier alpha value is -1.06. The summed E-state index contributed by atoms with van der Waals surface area (Å²) in [6.45, 7) is 6.48. The largest absolute Gasteiger partial charge is 0.466 e. The Morgan fingerprint density at radius 2 is 1.67 bits per heavy atom. The molecule has 0 amide bonds. The van der Waals surface area contributed by atoms with Gasteiger partial charge in [0.15, 0.2) is 0 Å². The van der Waals surface area contributed by atoms with Crippen LogP contribution >= 0.6 is 0 Å². The van der Waals surface area contributed by atoms with E-state index >= 15 is 0 Å². The predicted octanol–water partition coefficient (Wildman–Crippen LogP) is 3.23. The molecule has 0 N–H and O–H groups in total. The molecule has 106 valence electrons. The molecule has 1 unspecified atom stereocenters. The van der Waals surface area contributed by atoms with Crippen molar-refractivity contribution < 1.29 is 19.1 Å². The Morgan fingerprint density at radius 1 is 1.00 bits per heavy atom. The van der Waals surface area contributed by atoms with Crippen LogP contribution in [0.5, 0.6) is 0 Å². The van der Waals surface area contributed by atoms with Gasteiger partial charge in [-0.1, -0.05) is 27.2 Å². The second-order valence-electron chi connectivity index (χ2n) is 4.38. The lowest BCUT2D eigenvalue weighted by atomic mass is 10.1. The van der Waals surface area contributed by atoms with Gasteiger partial charge >= 0.3 is 11.9 Å². The molecule has 0 fully saturated rings. The maximum atomic E-state index is 11.5. The Labute approximate surface area is 110 Å². The van der Waals surface area contributed by atoms with Crippen molar-refractivity contribution in [3.63, 3.8) is 0 Å². The molecule has 4 nitrogen and oxygen atoms in total. The monoisotopic (exact) mass is 258 g/mol. The van der Waals surface area contributed by atoms with Crippen molar-refractivity contribution in [1.82, 2.24) is 0 Å². The van der Waals surface area contributed by atoms with Crippen molar-refractivity contribution >= 4 is 11.9 Å². The summed E-state index contributed by atoms with van der Waals surface area (Å²) in [5.74, 6) is -0.441. The summed E-state index contributed by atoms with van der Waals surface area (Å²) in [5, 5.41) is 0. The van der Waals surface area contributed by atoms with Crippen LogP contribution in [-0.2, 0) is 19.1 Å². The van der Waals surface area contributed by atoms with Gasteiger partial charge in [0.25, 0.3) is 0 Å². The second kappa shape index (κ2) is 11.1. The van der Waals surface area contributed by atoms with E-state index in [-0.39, 0.29) is 18.0 Å². The zero-order chi connectivity index (χ0) is 13.8. The highest BCUT2D eigenvalue weighted by molar-refractivity contribution is 5.72. The molecule has 0 heterocycles. The molecule has 0 rings (SSSR count). The van der Waals surface area contributed by atoms with E-state index in [1.54, 1.807) is 0 Å². The molecule has 0 aromatic heterocycles. The Bertz CT molecular complexity index is 238. The molecular formula is C14H26O4. The minimum atomic E-state index is -0.231. The standard InChI is InChI=1S/C14H26O4/c1-4-8-12(6-3)18-14(16)10-7-9-13(15)17-11-5-2/h12H,4-11H2,1-3H3. The van der Waals surface area contributed by atoms with Crippen molar-refractivity contribution in [1.29, 1.82) is 0 Å². The summed E-state index contributed by atoms with van der Waals surface area (Å²) in [6.07, 6.45) is 4.69. The van der Waals surface area contributed by atoms with Gasteiger partial charge in [-0.25, -0.2) is 0 Å². The lowest BCUT2D eigenvalue weighted by Crippen LogP contribution is -2.17. The molecule has 0 aromatic rings. The lowest BCUT2D eigenvalue weighted by Gasteiger charge is -2.15. The van der Waals surface area contributed by atoms with Gasteiger partial charge in [0.2, 0.25) is 0 Å². The fraction of sp³-hybridized carbons (Fsp3) is 0.857.